The molecule has 106 valence electrons. The van der Waals surface area contributed by atoms with Gasteiger partial charge in [-0.2, -0.15) is 4.98 Å². The molecule has 5 rings (SSSR count). The van der Waals surface area contributed by atoms with E-state index in [9.17, 15) is 4.79 Å². The lowest BCUT2D eigenvalue weighted by molar-refractivity contribution is -0.0906. The van der Waals surface area contributed by atoms with Crippen LogP contribution in [0.25, 0.3) is 11.2 Å². The number of methoxy groups -OCH3 is 1. The molecule has 0 unspecified atom stereocenters. The summed E-state index contributed by atoms with van der Waals surface area (Å²) >= 11 is 5.90. The van der Waals surface area contributed by atoms with Crippen LogP contribution in [0.2, 0.25) is 5.28 Å². The van der Waals surface area contributed by atoms with E-state index in [1.807, 2.05) is 0 Å². The van der Waals surface area contributed by atoms with Gasteiger partial charge in [-0.05, 0) is 24.4 Å². The second-order valence-electron chi connectivity index (χ2n) is 5.99. The maximum atomic E-state index is 12.6. The Balaban J connectivity index is 1.96. The smallest absolute Gasteiger partial charge is 0.330 e. The Morgan fingerprint density at radius 2 is 2.15 bits per heavy atom. The van der Waals surface area contributed by atoms with E-state index in [-0.39, 0.29) is 22.1 Å². The van der Waals surface area contributed by atoms with Gasteiger partial charge in [0.15, 0.2) is 5.65 Å². The molecule has 3 aliphatic carbocycles. The molecule has 2 bridgehead atoms. The Morgan fingerprint density at radius 3 is 2.80 bits per heavy atom. The summed E-state index contributed by atoms with van der Waals surface area (Å²) in [5.74, 6) is 0. The molecule has 0 saturated heterocycles. The van der Waals surface area contributed by atoms with Crippen LogP contribution in [-0.2, 0) is 17.3 Å². The van der Waals surface area contributed by atoms with Crippen molar-refractivity contribution in [3.05, 3.63) is 22.0 Å². The third-order valence-electron chi connectivity index (χ3n) is 5.03. The largest absolute Gasteiger partial charge is 0.378 e. The summed E-state index contributed by atoms with van der Waals surface area (Å²) in [4.78, 5) is 20.8. The summed E-state index contributed by atoms with van der Waals surface area (Å²) in [7, 11) is 3.49. The maximum Gasteiger partial charge on any atom is 0.330 e. The predicted octanol–water partition coefficient (Wildman–Crippen LogP) is 1.45. The van der Waals surface area contributed by atoms with Crippen LogP contribution in [0.3, 0.4) is 0 Å². The normalized spacial score (nSPS) is 31.8. The monoisotopic (exact) mass is 294 g/mol. The lowest BCUT2D eigenvalue weighted by Gasteiger charge is -2.46. The molecule has 0 amide bonds. The van der Waals surface area contributed by atoms with Crippen molar-refractivity contribution in [2.75, 3.05) is 7.11 Å². The SMILES string of the molecule is COC12CCC(n3c(=O)n(C)c4cnc(Cl)nc43)(C1)C2. The molecule has 2 aromatic heterocycles. The van der Waals surface area contributed by atoms with E-state index in [0.29, 0.717) is 5.65 Å². The Morgan fingerprint density at radius 1 is 1.40 bits per heavy atom. The molecule has 3 saturated carbocycles. The molecule has 3 fully saturated rings. The summed E-state index contributed by atoms with van der Waals surface area (Å²) in [6.07, 6.45) is 5.29. The number of hydrogen-bond acceptors (Lipinski definition) is 4. The van der Waals surface area contributed by atoms with Crippen molar-refractivity contribution in [2.24, 2.45) is 7.05 Å². The molecule has 0 aliphatic heterocycles. The van der Waals surface area contributed by atoms with E-state index in [1.54, 1.807) is 29.5 Å². The molecule has 0 radical (unpaired) electrons. The zero-order valence-corrected chi connectivity index (χ0v) is 12.1. The molecule has 7 heteroatoms. The van der Waals surface area contributed by atoms with Gasteiger partial charge in [0.05, 0.1) is 17.3 Å². The topological polar surface area (TPSA) is 61.9 Å². The van der Waals surface area contributed by atoms with E-state index < -0.39 is 0 Å². The number of rotatable bonds is 2. The number of imidazole rings is 1. The highest BCUT2D eigenvalue weighted by Crippen LogP contribution is 2.61. The Bertz CT molecular complexity index is 773. The van der Waals surface area contributed by atoms with Gasteiger partial charge >= 0.3 is 5.69 Å². The summed E-state index contributed by atoms with van der Waals surface area (Å²) in [6.45, 7) is 0. The van der Waals surface area contributed by atoms with Crippen molar-refractivity contribution in [2.45, 2.75) is 36.8 Å². The van der Waals surface area contributed by atoms with Crippen molar-refractivity contribution < 1.29 is 4.74 Å². The van der Waals surface area contributed by atoms with Gasteiger partial charge < -0.3 is 4.74 Å². The number of fused-ring (bicyclic) bond motifs is 2. The fourth-order valence-corrected chi connectivity index (χ4v) is 4.12. The molecular formula is C13H15ClN4O2. The van der Waals surface area contributed by atoms with E-state index in [1.165, 1.54) is 0 Å². The zero-order chi connectivity index (χ0) is 14.1. The lowest BCUT2D eigenvalue weighted by atomic mass is 9.73. The van der Waals surface area contributed by atoms with Gasteiger partial charge in [0.25, 0.3) is 0 Å². The first-order valence-corrected chi connectivity index (χ1v) is 7.04. The van der Waals surface area contributed by atoms with E-state index in [2.05, 4.69) is 9.97 Å². The minimum Gasteiger partial charge on any atom is -0.378 e. The van der Waals surface area contributed by atoms with Crippen molar-refractivity contribution >= 4 is 22.8 Å². The maximum absolute atomic E-state index is 12.6. The van der Waals surface area contributed by atoms with Gasteiger partial charge in [0.1, 0.15) is 5.52 Å². The Hall–Kier alpha value is -1.40. The number of nitrogens with zero attached hydrogens (tertiary/aromatic N) is 4. The molecule has 6 nitrogen and oxygen atoms in total. The van der Waals surface area contributed by atoms with Gasteiger partial charge in [0, 0.05) is 27.0 Å². The number of halogens is 1. The highest BCUT2D eigenvalue weighted by atomic mass is 35.5. The highest BCUT2D eigenvalue weighted by molar-refractivity contribution is 6.28. The molecule has 20 heavy (non-hydrogen) atoms. The minimum atomic E-state index is -0.162. The van der Waals surface area contributed by atoms with Gasteiger partial charge in [0.2, 0.25) is 5.28 Å². The molecule has 2 aromatic rings. The first kappa shape index (κ1) is 12.3. The van der Waals surface area contributed by atoms with E-state index >= 15 is 0 Å². The molecule has 0 aromatic carbocycles. The van der Waals surface area contributed by atoms with Crippen LogP contribution in [0.4, 0.5) is 0 Å². The van der Waals surface area contributed by atoms with Crippen LogP contribution in [0.15, 0.2) is 11.0 Å². The lowest BCUT2D eigenvalue weighted by Crippen LogP contribution is -2.53. The summed E-state index contributed by atoms with van der Waals surface area (Å²) < 4.78 is 9.01. The third-order valence-corrected chi connectivity index (χ3v) is 5.21. The first-order valence-electron chi connectivity index (χ1n) is 6.66. The fraction of sp³-hybridized carbons (Fsp3) is 0.615. The highest BCUT2D eigenvalue weighted by Gasteiger charge is 2.63. The molecule has 3 aliphatic rings. The fourth-order valence-electron chi connectivity index (χ4n) is 4.00. The van der Waals surface area contributed by atoms with Crippen molar-refractivity contribution in [3.63, 3.8) is 0 Å². The molecule has 0 atom stereocenters. The molecular weight excluding hydrogens is 280 g/mol. The van der Waals surface area contributed by atoms with Crippen molar-refractivity contribution in [1.82, 2.24) is 19.1 Å². The van der Waals surface area contributed by atoms with Crippen molar-refractivity contribution in [1.29, 1.82) is 0 Å². The van der Waals surface area contributed by atoms with Crippen LogP contribution >= 0.6 is 11.6 Å². The van der Waals surface area contributed by atoms with Crippen LogP contribution in [0, 0.1) is 0 Å². The van der Waals surface area contributed by atoms with E-state index in [4.69, 9.17) is 16.3 Å². The third kappa shape index (κ3) is 1.31. The first-order chi connectivity index (χ1) is 9.50. The molecule has 2 heterocycles. The van der Waals surface area contributed by atoms with Gasteiger partial charge in [-0.3, -0.25) is 9.13 Å². The van der Waals surface area contributed by atoms with Crippen LogP contribution in [0.1, 0.15) is 25.7 Å². The predicted molar refractivity (Wildman–Crippen MR) is 74.0 cm³/mol. The van der Waals surface area contributed by atoms with Crippen LogP contribution in [0.5, 0.6) is 0 Å². The quantitative estimate of drug-likeness (QED) is 0.787. The zero-order valence-electron chi connectivity index (χ0n) is 11.4. The van der Waals surface area contributed by atoms with Crippen molar-refractivity contribution in [3.8, 4) is 0 Å². The van der Waals surface area contributed by atoms with Crippen LogP contribution < -0.4 is 5.69 Å². The standard InChI is InChI=1S/C13H15ClN4O2/c1-17-8-5-15-10(14)16-9(8)18(11(17)19)12-3-4-13(6-12,7-12)20-2/h5H,3-4,6-7H2,1-2H3. The summed E-state index contributed by atoms with van der Waals surface area (Å²) in [6, 6.07) is 0. The van der Waals surface area contributed by atoms with Crippen LogP contribution in [-0.4, -0.2) is 31.8 Å². The number of ether oxygens (including phenoxy) is 1. The number of hydrogen-bond donors (Lipinski definition) is 0. The summed E-state index contributed by atoms with van der Waals surface area (Å²) in [5.41, 5.74) is 1.09. The van der Waals surface area contributed by atoms with Gasteiger partial charge in [-0.25, -0.2) is 9.78 Å². The number of aryl methyl sites for hydroxylation is 1. The number of aromatic nitrogens is 4. The second kappa shape index (κ2) is 3.62. The molecule has 0 N–H and O–H groups in total. The average Bonchev–Trinajstić information content (AvgIpc) is 3.00. The Kier molecular flexibility index (Phi) is 2.24. The second-order valence-corrected chi connectivity index (χ2v) is 6.33. The average molecular weight is 295 g/mol. The van der Waals surface area contributed by atoms with E-state index in [0.717, 1.165) is 31.2 Å². The minimum absolute atomic E-state index is 0.0432. The molecule has 0 spiro atoms. The summed E-state index contributed by atoms with van der Waals surface area (Å²) in [5, 5.41) is 0.170. The van der Waals surface area contributed by atoms with Gasteiger partial charge in [-0.1, -0.05) is 0 Å². The Labute approximate surface area is 120 Å². The van der Waals surface area contributed by atoms with Gasteiger partial charge in [-0.15, -0.1) is 0 Å².